The largest absolute Gasteiger partial charge is 0.370 e. The van der Waals surface area contributed by atoms with Crippen LogP contribution in [0.3, 0.4) is 0 Å². The van der Waals surface area contributed by atoms with Crippen molar-refractivity contribution in [1.29, 1.82) is 0 Å². The Morgan fingerprint density at radius 1 is 1.13 bits per heavy atom. The Morgan fingerprint density at radius 3 is 2.77 bits per heavy atom. The molecule has 5 heteroatoms. The number of aryl methyl sites for hydroxylation is 1. The fourth-order valence-electron chi connectivity index (χ4n) is 4.67. The quantitative estimate of drug-likeness (QED) is 0.697. The first-order valence-electron chi connectivity index (χ1n) is 10.5. The highest BCUT2D eigenvalue weighted by Crippen LogP contribution is 2.33. The average Bonchev–Trinajstić information content (AvgIpc) is 3.18. The molecule has 4 nitrogen and oxygen atoms in total. The van der Waals surface area contributed by atoms with Gasteiger partial charge in [0.1, 0.15) is 5.82 Å². The van der Waals surface area contributed by atoms with E-state index in [-0.39, 0.29) is 17.3 Å². The monoisotopic (exact) mass is 404 g/mol. The van der Waals surface area contributed by atoms with E-state index >= 15 is 0 Å². The summed E-state index contributed by atoms with van der Waals surface area (Å²) in [4.78, 5) is 15.3. The molecule has 30 heavy (non-hydrogen) atoms. The first-order chi connectivity index (χ1) is 14.6. The van der Waals surface area contributed by atoms with E-state index in [1.54, 1.807) is 19.1 Å². The lowest BCUT2D eigenvalue weighted by molar-refractivity contribution is -0.0559. The number of likely N-dealkylation sites (tertiary alicyclic amines) is 1. The van der Waals surface area contributed by atoms with Gasteiger partial charge in [0, 0.05) is 25.2 Å². The zero-order chi connectivity index (χ0) is 20.7. The molecule has 1 amide bonds. The van der Waals surface area contributed by atoms with E-state index in [1.807, 2.05) is 47.4 Å². The van der Waals surface area contributed by atoms with Gasteiger partial charge in [0.2, 0.25) is 0 Å². The molecule has 0 aliphatic carbocycles. The summed E-state index contributed by atoms with van der Waals surface area (Å²) in [5.41, 5.74) is 2.79. The predicted octanol–water partition coefficient (Wildman–Crippen LogP) is 4.16. The number of ether oxygens (including phenoxy) is 1. The van der Waals surface area contributed by atoms with Crippen molar-refractivity contribution >= 4 is 16.7 Å². The van der Waals surface area contributed by atoms with Crippen LogP contribution in [0.5, 0.6) is 0 Å². The molecule has 0 bridgehead atoms. The summed E-state index contributed by atoms with van der Waals surface area (Å²) in [6.45, 7) is 5.40. The highest BCUT2D eigenvalue weighted by Gasteiger charge is 2.42. The Balaban J connectivity index is 1.51. The summed E-state index contributed by atoms with van der Waals surface area (Å²) in [6, 6.07) is 17.0. The molecule has 1 unspecified atom stereocenters. The van der Waals surface area contributed by atoms with Crippen molar-refractivity contribution in [3.05, 3.63) is 71.5 Å². The molecular formula is C25H25FN2O2. The second-order valence-corrected chi connectivity index (χ2v) is 8.36. The third kappa shape index (κ3) is 3.28. The van der Waals surface area contributed by atoms with Gasteiger partial charge in [-0.25, -0.2) is 4.39 Å². The van der Waals surface area contributed by atoms with Crippen LogP contribution in [0.4, 0.5) is 4.39 Å². The maximum atomic E-state index is 14.2. The third-order valence-electron chi connectivity index (χ3n) is 6.37. The van der Waals surface area contributed by atoms with Gasteiger partial charge in [-0.2, -0.15) is 0 Å². The molecule has 1 N–H and O–H groups in total. The van der Waals surface area contributed by atoms with Crippen LogP contribution in [0.15, 0.2) is 54.6 Å². The molecule has 2 aliphatic rings. The van der Waals surface area contributed by atoms with E-state index in [1.165, 1.54) is 0 Å². The minimum atomic E-state index is -0.261. The summed E-state index contributed by atoms with van der Waals surface area (Å²) in [6.07, 6.45) is 0.852. The minimum absolute atomic E-state index is 0.0267. The Morgan fingerprint density at radius 2 is 1.97 bits per heavy atom. The maximum absolute atomic E-state index is 14.2. The summed E-state index contributed by atoms with van der Waals surface area (Å²) in [5.74, 6) is -0.195. The van der Waals surface area contributed by atoms with E-state index in [4.69, 9.17) is 4.74 Å². The first kappa shape index (κ1) is 19.2. The minimum Gasteiger partial charge on any atom is -0.370 e. The number of halogens is 1. The molecule has 1 atom stereocenters. The van der Waals surface area contributed by atoms with Crippen molar-refractivity contribution < 1.29 is 13.9 Å². The molecule has 2 fully saturated rings. The molecule has 2 aliphatic heterocycles. The van der Waals surface area contributed by atoms with Crippen LogP contribution < -0.4 is 5.32 Å². The van der Waals surface area contributed by atoms with Gasteiger partial charge < -0.3 is 15.0 Å². The van der Waals surface area contributed by atoms with Gasteiger partial charge in [-0.05, 0) is 52.9 Å². The molecule has 0 saturated carbocycles. The third-order valence-corrected chi connectivity index (χ3v) is 6.37. The van der Waals surface area contributed by atoms with Crippen LogP contribution in [0, 0.1) is 12.7 Å². The lowest BCUT2D eigenvalue weighted by atomic mass is 9.94. The fourth-order valence-corrected chi connectivity index (χ4v) is 4.67. The van der Waals surface area contributed by atoms with Crippen LogP contribution in [0.25, 0.3) is 21.9 Å². The van der Waals surface area contributed by atoms with Crippen LogP contribution in [-0.4, -0.2) is 49.2 Å². The molecule has 2 heterocycles. The number of rotatable bonds is 2. The zero-order valence-corrected chi connectivity index (χ0v) is 17.1. The Hall–Kier alpha value is -2.76. The molecule has 154 valence electrons. The molecule has 3 aromatic carbocycles. The predicted molar refractivity (Wildman–Crippen MR) is 116 cm³/mol. The van der Waals surface area contributed by atoms with E-state index in [0.29, 0.717) is 30.8 Å². The maximum Gasteiger partial charge on any atom is 0.254 e. The normalized spacial score (nSPS) is 21.5. The van der Waals surface area contributed by atoms with Crippen molar-refractivity contribution in [3.8, 4) is 11.1 Å². The molecule has 3 aromatic rings. The van der Waals surface area contributed by atoms with Crippen molar-refractivity contribution in [1.82, 2.24) is 10.2 Å². The molecular weight excluding hydrogens is 379 g/mol. The van der Waals surface area contributed by atoms with Crippen molar-refractivity contribution in [2.24, 2.45) is 0 Å². The Kier molecular flexibility index (Phi) is 4.80. The number of hydrogen-bond acceptors (Lipinski definition) is 3. The number of nitrogens with zero attached hydrogens (tertiary/aromatic N) is 1. The van der Waals surface area contributed by atoms with E-state index in [2.05, 4.69) is 5.32 Å². The zero-order valence-electron chi connectivity index (χ0n) is 17.1. The summed E-state index contributed by atoms with van der Waals surface area (Å²) >= 11 is 0. The molecule has 5 rings (SSSR count). The van der Waals surface area contributed by atoms with E-state index < -0.39 is 0 Å². The fraction of sp³-hybridized carbons (Fsp3) is 0.320. The first-order valence-corrected chi connectivity index (χ1v) is 10.5. The number of carbonyl (C=O) groups excluding carboxylic acids is 1. The van der Waals surface area contributed by atoms with Gasteiger partial charge in [0.15, 0.2) is 0 Å². The Labute approximate surface area is 175 Å². The van der Waals surface area contributed by atoms with Crippen molar-refractivity contribution in [2.45, 2.75) is 18.9 Å². The summed E-state index contributed by atoms with van der Waals surface area (Å²) in [7, 11) is 0. The van der Waals surface area contributed by atoms with Gasteiger partial charge in [-0.1, -0.05) is 42.5 Å². The number of amides is 1. The van der Waals surface area contributed by atoms with Crippen molar-refractivity contribution in [2.75, 3.05) is 32.8 Å². The number of nitrogens with one attached hydrogen (secondary N) is 1. The number of benzene rings is 3. The van der Waals surface area contributed by atoms with Gasteiger partial charge >= 0.3 is 0 Å². The molecule has 1 spiro atoms. The second-order valence-electron chi connectivity index (χ2n) is 8.36. The SMILES string of the molecule is Cc1ccc(-c2cccc3c(C(=O)N4CCC5(CNCCO5)C4)cccc23)cc1F. The number of carbonyl (C=O) groups is 1. The van der Waals surface area contributed by atoms with Gasteiger partial charge in [0.25, 0.3) is 5.91 Å². The lowest BCUT2D eigenvalue weighted by Crippen LogP contribution is -2.51. The molecule has 0 aromatic heterocycles. The highest BCUT2D eigenvalue weighted by molar-refractivity contribution is 6.10. The van der Waals surface area contributed by atoms with Crippen LogP contribution in [0.2, 0.25) is 0 Å². The van der Waals surface area contributed by atoms with E-state index in [9.17, 15) is 9.18 Å². The van der Waals surface area contributed by atoms with Crippen LogP contribution in [-0.2, 0) is 4.74 Å². The number of morpholine rings is 1. The van der Waals surface area contributed by atoms with Crippen LogP contribution in [0.1, 0.15) is 22.3 Å². The summed E-state index contributed by atoms with van der Waals surface area (Å²) in [5, 5.41) is 5.23. The summed E-state index contributed by atoms with van der Waals surface area (Å²) < 4.78 is 20.2. The van der Waals surface area contributed by atoms with Gasteiger partial charge in [-0.15, -0.1) is 0 Å². The van der Waals surface area contributed by atoms with Gasteiger partial charge in [-0.3, -0.25) is 4.79 Å². The smallest absolute Gasteiger partial charge is 0.254 e. The average molecular weight is 404 g/mol. The van der Waals surface area contributed by atoms with Crippen molar-refractivity contribution in [3.63, 3.8) is 0 Å². The number of hydrogen-bond donors (Lipinski definition) is 1. The molecule has 0 radical (unpaired) electrons. The van der Waals surface area contributed by atoms with Gasteiger partial charge in [0.05, 0.1) is 18.8 Å². The van der Waals surface area contributed by atoms with Crippen LogP contribution >= 0.6 is 0 Å². The topological polar surface area (TPSA) is 41.6 Å². The van der Waals surface area contributed by atoms with E-state index in [0.717, 1.165) is 41.4 Å². The highest BCUT2D eigenvalue weighted by atomic mass is 19.1. The Bertz CT molecular complexity index is 1120. The lowest BCUT2D eigenvalue weighted by Gasteiger charge is -2.34. The number of fused-ring (bicyclic) bond motifs is 1. The standard InChI is InChI=1S/C25H25FN2O2/c1-17-8-9-18(14-23(17)26)19-4-2-6-21-20(19)5-3-7-22(21)24(29)28-12-10-25(16-28)15-27-11-13-30-25/h2-9,14,27H,10-13,15-16H2,1H3. The second kappa shape index (κ2) is 7.49. The molecule has 2 saturated heterocycles.